The first-order valence-corrected chi connectivity index (χ1v) is 8.28. The van der Waals surface area contributed by atoms with Crippen molar-refractivity contribution in [1.29, 1.82) is 0 Å². The zero-order valence-corrected chi connectivity index (χ0v) is 15.1. The van der Waals surface area contributed by atoms with Crippen LogP contribution in [-0.2, 0) is 0 Å². The minimum Gasteiger partial charge on any atom is -0.493 e. The maximum absolute atomic E-state index is 12.9. The summed E-state index contributed by atoms with van der Waals surface area (Å²) in [5.74, 6) is 2.16. The zero-order chi connectivity index (χ0) is 18.5. The highest BCUT2D eigenvalue weighted by atomic mass is 16.5. The van der Waals surface area contributed by atoms with E-state index in [9.17, 15) is 4.79 Å². The topological polar surface area (TPSA) is 77.0 Å². The van der Waals surface area contributed by atoms with E-state index < -0.39 is 0 Å². The van der Waals surface area contributed by atoms with Crippen LogP contribution in [0.2, 0.25) is 0 Å². The number of benzene rings is 1. The number of rotatable bonds is 5. The second-order valence-electron chi connectivity index (χ2n) is 5.76. The second kappa shape index (κ2) is 7.90. The van der Waals surface area contributed by atoms with Crippen molar-refractivity contribution in [2.75, 3.05) is 52.4 Å². The van der Waals surface area contributed by atoms with Crippen molar-refractivity contribution >= 4 is 11.7 Å². The first kappa shape index (κ1) is 17.8. The van der Waals surface area contributed by atoms with Crippen LogP contribution in [0.4, 0.5) is 5.82 Å². The molecule has 138 valence electrons. The number of piperazine rings is 1. The lowest BCUT2D eigenvalue weighted by molar-refractivity contribution is 0.0745. The van der Waals surface area contributed by atoms with Crippen LogP contribution < -0.4 is 19.1 Å². The maximum Gasteiger partial charge on any atom is 0.254 e. The summed E-state index contributed by atoms with van der Waals surface area (Å²) >= 11 is 0. The Bertz CT molecular complexity index is 736. The molecule has 0 bridgehead atoms. The fourth-order valence-corrected chi connectivity index (χ4v) is 2.98. The molecule has 0 aliphatic carbocycles. The molecule has 1 aliphatic heterocycles. The Morgan fingerprint density at radius 3 is 2.12 bits per heavy atom. The van der Waals surface area contributed by atoms with Gasteiger partial charge in [-0.05, 0) is 12.1 Å². The lowest BCUT2D eigenvalue weighted by Gasteiger charge is -2.35. The van der Waals surface area contributed by atoms with Crippen molar-refractivity contribution < 1.29 is 19.0 Å². The van der Waals surface area contributed by atoms with Crippen molar-refractivity contribution in [2.24, 2.45) is 0 Å². The summed E-state index contributed by atoms with van der Waals surface area (Å²) in [6.07, 6.45) is 5.05. The highest BCUT2D eigenvalue weighted by Crippen LogP contribution is 2.38. The molecule has 8 heteroatoms. The molecule has 1 saturated heterocycles. The summed E-state index contributed by atoms with van der Waals surface area (Å²) in [5.41, 5.74) is 0.507. The summed E-state index contributed by atoms with van der Waals surface area (Å²) in [6.45, 7) is 2.61. The number of nitrogens with zero attached hydrogens (tertiary/aromatic N) is 4. The number of anilines is 1. The Hall–Kier alpha value is -3.03. The van der Waals surface area contributed by atoms with Gasteiger partial charge in [0.05, 0.1) is 27.5 Å². The van der Waals surface area contributed by atoms with E-state index >= 15 is 0 Å². The summed E-state index contributed by atoms with van der Waals surface area (Å²) < 4.78 is 16.0. The normalized spacial score (nSPS) is 14.1. The fourth-order valence-electron chi connectivity index (χ4n) is 2.98. The van der Waals surface area contributed by atoms with Gasteiger partial charge >= 0.3 is 0 Å². The van der Waals surface area contributed by atoms with E-state index in [2.05, 4.69) is 14.9 Å². The molecule has 1 aliphatic rings. The predicted octanol–water partition coefficient (Wildman–Crippen LogP) is 1.46. The summed E-state index contributed by atoms with van der Waals surface area (Å²) in [6, 6.07) is 3.36. The Balaban J connectivity index is 1.74. The van der Waals surface area contributed by atoms with Crippen molar-refractivity contribution in [3.8, 4) is 17.2 Å². The van der Waals surface area contributed by atoms with Crippen molar-refractivity contribution in [3.05, 3.63) is 36.3 Å². The molecule has 1 fully saturated rings. The fraction of sp³-hybridized carbons (Fsp3) is 0.389. The molecule has 1 aromatic carbocycles. The largest absolute Gasteiger partial charge is 0.493 e. The van der Waals surface area contributed by atoms with E-state index in [1.807, 2.05) is 4.90 Å². The zero-order valence-electron chi connectivity index (χ0n) is 15.1. The van der Waals surface area contributed by atoms with E-state index in [0.717, 1.165) is 5.82 Å². The minimum atomic E-state index is -0.0666. The first-order valence-electron chi connectivity index (χ1n) is 8.28. The van der Waals surface area contributed by atoms with E-state index in [1.54, 1.807) is 30.7 Å². The average molecular weight is 358 g/mol. The van der Waals surface area contributed by atoms with Crippen LogP contribution >= 0.6 is 0 Å². The number of hydrogen-bond acceptors (Lipinski definition) is 7. The molecule has 2 heterocycles. The van der Waals surface area contributed by atoms with E-state index in [0.29, 0.717) is 49.0 Å². The molecule has 26 heavy (non-hydrogen) atoms. The lowest BCUT2D eigenvalue weighted by atomic mass is 10.1. The molecule has 3 rings (SSSR count). The van der Waals surface area contributed by atoms with Crippen LogP contribution in [0.15, 0.2) is 30.7 Å². The van der Waals surface area contributed by atoms with Crippen LogP contribution in [0.3, 0.4) is 0 Å². The van der Waals surface area contributed by atoms with E-state index in [1.165, 1.54) is 21.3 Å². The number of ether oxygens (including phenoxy) is 3. The van der Waals surface area contributed by atoms with Gasteiger partial charge in [-0.1, -0.05) is 0 Å². The third-order valence-corrected chi connectivity index (χ3v) is 4.35. The van der Waals surface area contributed by atoms with Gasteiger partial charge in [-0.3, -0.25) is 9.78 Å². The molecule has 0 spiro atoms. The van der Waals surface area contributed by atoms with Crippen LogP contribution in [0.1, 0.15) is 10.4 Å². The standard InChI is InChI=1S/C18H22N4O4/c1-24-14-10-13(11-15(25-2)17(14)26-3)18(23)22-8-6-21(7-9-22)16-12-19-4-5-20-16/h4-5,10-12H,6-9H2,1-3H3. The third-order valence-electron chi connectivity index (χ3n) is 4.35. The molecule has 0 saturated carbocycles. The Kier molecular flexibility index (Phi) is 5.40. The van der Waals surface area contributed by atoms with E-state index in [-0.39, 0.29) is 5.91 Å². The van der Waals surface area contributed by atoms with Crippen molar-refractivity contribution in [3.63, 3.8) is 0 Å². The molecular formula is C18H22N4O4. The molecule has 0 unspecified atom stereocenters. The van der Waals surface area contributed by atoms with Gasteiger partial charge in [0.15, 0.2) is 11.5 Å². The molecule has 2 aromatic rings. The van der Waals surface area contributed by atoms with Gasteiger partial charge in [0.25, 0.3) is 5.91 Å². The maximum atomic E-state index is 12.9. The van der Waals surface area contributed by atoms with Crippen molar-refractivity contribution in [1.82, 2.24) is 14.9 Å². The van der Waals surface area contributed by atoms with Crippen LogP contribution in [-0.4, -0.2) is 68.3 Å². The number of carbonyl (C=O) groups excluding carboxylic acids is 1. The number of amides is 1. The van der Waals surface area contributed by atoms with Gasteiger partial charge < -0.3 is 24.0 Å². The predicted molar refractivity (Wildman–Crippen MR) is 96.2 cm³/mol. The molecule has 0 atom stereocenters. The summed E-state index contributed by atoms with van der Waals surface area (Å²) in [5, 5.41) is 0. The third kappa shape index (κ3) is 3.49. The van der Waals surface area contributed by atoms with Crippen LogP contribution in [0.25, 0.3) is 0 Å². The van der Waals surface area contributed by atoms with Crippen molar-refractivity contribution in [2.45, 2.75) is 0 Å². The van der Waals surface area contributed by atoms with Crippen LogP contribution in [0.5, 0.6) is 17.2 Å². The Morgan fingerprint density at radius 1 is 0.962 bits per heavy atom. The van der Waals surface area contributed by atoms with E-state index in [4.69, 9.17) is 14.2 Å². The second-order valence-corrected chi connectivity index (χ2v) is 5.76. The number of hydrogen-bond donors (Lipinski definition) is 0. The van der Waals surface area contributed by atoms with Gasteiger partial charge in [0.2, 0.25) is 5.75 Å². The molecule has 8 nitrogen and oxygen atoms in total. The molecule has 1 amide bonds. The van der Waals surface area contributed by atoms with Gasteiger partial charge in [0, 0.05) is 44.1 Å². The van der Waals surface area contributed by atoms with Crippen LogP contribution in [0, 0.1) is 0 Å². The SMILES string of the molecule is COc1cc(C(=O)N2CCN(c3cnccn3)CC2)cc(OC)c1OC. The molecule has 0 radical (unpaired) electrons. The molecule has 0 N–H and O–H groups in total. The van der Waals surface area contributed by atoms with Gasteiger partial charge in [-0.25, -0.2) is 4.98 Å². The smallest absolute Gasteiger partial charge is 0.254 e. The van der Waals surface area contributed by atoms with Gasteiger partial charge in [-0.15, -0.1) is 0 Å². The summed E-state index contributed by atoms with van der Waals surface area (Å²) in [4.78, 5) is 25.2. The Labute approximate surface area is 152 Å². The number of carbonyl (C=O) groups is 1. The average Bonchev–Trinajstić information content (AvgIpc) is 2.72. The lowest BCUT2D eigenvalue weighted by Crippen LogP contribution is -2.49. The quantitative estimate of drug-likeness (QED) is 0.801. The first-order chi connectivity index (χ1) is 12.7. The molecule has 1 aromatic heterocycles. The monoisotopic (exact) mass is 358 g/mol. The summed E-state index contributed by atoms with van der Waals surface area (Å²) in [7, 11) is 4.60. The minimum absolute atomic E-state index is 0.0666. The van der Waals surface area contributed by atoms with Gasteiger partial charge in [-0.2, -0.15) is 0 Å². The number of methoxy groups -OCH3 is 3. The number of aromatic nitrogens is 2. The van der Waals surface area contributed by atoms with Gasteiger partial charge in [0.1, 0.15) is 5.82 Å². The molecular weight excluding hydrogens is 336 g/mol. The highest BCUT2D eigenvalue weighted by molar-refractivity contribution is 5.95. The highest BCUT2D eigenvalue weighted by Gasteiger charge is 2.25. The Morgan fingerprint density at radius 2 is 1.62 bits per heavy atom.